The van der Waals surface area contributed by atoms with E-state index in [0.717, 1.165) is 0 Å². The lowest BCUT2D eigenvalue weighted by atomic mass is 10.1. The van der Waals surface area contributed by atoms with Crippen molar-refractivity contribution in [2.45, 2.75) is 52.8 Å². The number of rotatable bonds is 6. The summed E-state index contributed by atoms with van der Waals surface area (Å²) >= 11 is 0. The lowest BCUT2D eigenvalue weighted by molar-refractivity contribution is -0.141. The highest BCUT2D eigenvalue weighted by atomic mass is 16.5. The molecule has 5 nitrogen and oxygen atoms in total. The fourth-order valence-corrected chi connectivity index (χ4v) is 2.33. The van der Waals surface area contributed by atoms with E-state index in [4.69, 9.17) is 10.5 Å². The van der Waals surface area contributed by atoms with Crippen molar-refractivity contribution in [2.75, 3.05) is 0 Å². The van der Waals surface area contributed by atoms with E-state index < -0.39 is 12.0 Å². The van der Waals surface area contributed by atoms with E-state index in [2.05, 4.69) is 0 Å². The number of carbonyl (C=O) groups excluding carboxylic acids is 2. The molecule has 0 saturated carbocycles. The van der Waals surface area contributed by atoms with Crippen molar-refractivity contribution >= 4 is 11.8 Å². The number of hydrogen-bond donors (Lipinski definition) is 1. The Morgan fingerprint density at radius 2 is 1.57 bits per heavy atom. The Kier molecular flexibility index (Phi) is 5.76. The first-order chi connectivity index (χ1) is 9.75. The molecule has 0 aliphatic rings. The molecular formula is C16H24N2O3. The monoisotopic (exact) mass is 292 g/mol. The third kappa shape index (κ3) is 4.21. The summed E-state index contributed by atoms with van der Waals surface area (Å²) in [6.07, 6.45) is -0.685. The molecular weight excluding hydrogens is 268 g/mol. The Balaban J connectivity index is 2.93. The zero-order valence-electron chi connectivity index (χ0n) is 13.3. The van der Waals surface area contributed by atoms with Crippen LogP contribution in [-0.4, -0.2) is 34.9 Å². The van der Waals surface area contributed by atoms with Crippen LogP contribution in [-0.2, 0) is 4.79 Å². The molecule has 2 N–H and O–H groups in total. The van der Waals surface area contributed by atoms with Crippen LogP contribution in [0.4, 0.5) is 0 Å². The Morgan fingerprint density at radius 3 is 2.05 bits per heavy atom. The van der Waals surface area contributed by atoms with Gasteiger partial charge >= 0.3 is 0 Å². The summed E-state index contributed by atoms with van der Waals surface area (Å²) in [6.45, 7) is 9.52. The van der Waals surface area contributed by atoms with Gasteiger partial charge in [0, 0.05) is 12.1 Å². The van der Waals surface area contributed by atoms with E-state index in [0.29, 0.717) is 5.75 Å². The molecule has 5 heteroatoms. The van der Waals surface area contributed by atoms with Crippen LogP contribution in [0.25, 0.3) is 0 Å². The Bertz CT molecular complexity index is 504. The molecule has 1 rings (SSSR count). The van der Waals surface area contributed by atoms with Crippen molar-refractivity contribution in [2.24, 2.45) is 5.73 Å². The molecule has 1 aromatic rings. The van der Waals surface area contributed by atoms with Gasteiger partial charge in [-0.3, -0.25) is 9.59 Å². The van der Waals surface area contributed by atoms with Gasteiger partial charge < -0.3 is 15.4 Å². The van der Waals surface area contributed by atoms with E-state index in [9.17, 15) is 9.59 Å². The number of amides is 2. The first-order valence-electron chi connectivity index (χ1n) is 7.13. The maximum Gasteiger partial charge on any atom is 0.263 e. The zero-order chi connectivity index (χ0) is 16.2. The molecule has 0 bridgehead atoms. The van der Waals surface area contributed by atoms with Gasteiger partial charge in [0.25, 0.3) is 11.8 Å². The number of nitrogens with two attached hydrogens (primary N) is 1. The second kappa shape index (κ2) is 7.11. The third-order valence-electron chi connectivity index (χ3n) is 3.17. The van der Waals surface area contributed by atoms with Gasteiger partial charge in [-0.25, -0.2) is 0 Å². The first-order valence-corrected chi connectivity index (χ1v) is 7.13. The van der Waals surface area contributed by atoms with Gasteiger partial charge in [0.2, 0.25) is 0 Å². The topological polar surface area (TPSA) is 72.6 Å². The van der Waals surface area contributed by atoms with Gasteiger partial charge in [0.15, 0.2) is 6.10 Å². The minimum Gasteiger partial charge on any atom is -0.480 e. The first kappa shape index (κ1) is 17.0. The van der Waals surface area contributed by atoms with Crippen LogP contribution in [0.1, 0.15) is 45.0 Å². The lowest BCUT2D eigenvalue weighted by Gasteiger charge is -2.33. The van der Waals surface area contributed by atoms with Crippen molar-refractivity contribution in [1.29, 1.82) is 0 Å². The molecule has 0 heterocycles. The van der Waals surface area contributed by atoms with Gasteiger partial charge in [-0.05, 0) is 46.8 Å². The molecule has 0 aliphatic carbocycles. The predicted octanol–water partition coefficient (Wildman–Crippen LogP) is 2.20. The predicted molar refractivity (Wildman–Crippen MR) is 82.2 cm³/mol. The van der Waals surface area contributed by atoms with Crippen molar-refractivity contribution in [3.8, 4) is 5.75 Å². The van der Waals surface area contributed by atoms with Gasteiger partial charge in [-0.15, -0.1) is 0 Å². The van der Waals surface area contributed by atoms with E-state index in [1.165, 1.54) is 0 Å². The summed E-state index contributed by atoms with van der Waals surface area (Å²) in [5.41, 5.74) is 5.58. The third-order valence-corrected chi connectivity index (χ3v) is 3.17. The minimum absolute atomic E-state index is 0.0786. The van der Waals surface area contributed by atoms with Crippen LogP contribution in [0.3, 0.4) is 0 Å². The highest BCUT2D eigenvalue weighted by Gasteiger charge is 2.27. The molecule has 0 fully saturated rings. The number of primary amides is 1. The van der Waals surface area contributed by atoms with Gasteiger partial charge in [0.05, 0.1) is 5.56 Å². The van der Waals surface area contributed by atoms with E-state index in [1.807, 2.05) is 27.7 Å². The molecule has 0 aliphatic heterocycles. The summed E-state index contributed by atoms with van der Waals surface area (Å²) in [6, 6.07) is 6.82. The molecule has 0 aromatic heterocycles. The minimum atomic E-state index is -0.685. The van der Waals surface area contributed by atoms with Gasteiger partial charge in [0.1, 0.15) is 5.75 Å². The second-order valence-corrected chi connectivity index (χ2v) is 5.55. The van der Waals surface area contributed by atoms with Crippen molar-refractivity contribution < 1.29 is 14.3 Å². The number of nitrogens with zero attached hydrogens (tertiary/aromatic N) is 1. The van der Waals surface area contributed by atoms with Crippen LogP contribution in [0, 0.1) is 0 Å². The molecule has 116 valence electrons. The molecule has 1 unspecified atom stereocenters. The number of hydrogen-bond acceptors (Lipinski definition) is 3. The Morgan fingerprint density at radius 1 is 1.05 bits per heavy atom. The zero-order valence-corrected chi connectivity index (χ0v) is 13.3. The molecule has 21 heavy (non-hydrogen) atoms. The van der Waals surface area contributed by atoms with Crippen molar-refractivity contribution in [1.82, 2.24) is 4.90 Å². The average Bonchev–Trinajstić information content (AvgIpc) is 2.37. The summed E-state index contributed by atoms with van der Waals surface area (Å²) in [7, 11) is 0. The molecule has 1 atom stereocenters. The second-order valence-electron chi connectivity index (χ2n) is 5.55. The maximum atomic E-state index is 12.5. The quantitative estimate of drug-likeness (QED) is 0.873. The number of benzene rings is 1. The Labute approximate surface area is 126 Å². The highest BCUT2D eigenvalue weighted by molar-refractivity contribution is 5.95. The van der Waals surface area contributed by atoms with E-state index in [1.54, 1.807) is 36.1 Å². The van der Waals surface area contributed by atoms with E-state index in [-0.39, 0.29) is 23.6 Å². The number of ether oxygens (including phenoxy) is 1. The fourth-order valence-electron chi connectivity index (χ4n) is 2.33. The summed E-state index contributed by atoms with van der Waals surface area (Å²) in [5.74, 6) is -0.354. The summed E-state index contributed by atoms with van der Waals surface area (Å²) in [5, 5.41) is 0. The molecule has 2 amide bonds. The number of para-hydroxylation sites is 1. The standard InChI is InChI=1S/C16H24N2O3/c1-10(2)18(11(3)4)16(20)12(5)21-14-9-7-6-8-13(14)15(17)19/h6-12H,1-5H3,(H2,17,19). The van der Waals surface area contributed by atoms with Crippen molar-refractivity contribution in [3.63, 3.8) is 0 Å². The maximum absolute atomic E-state index is 12.5. The average molecular weight is 292 g/mol. The summed E-state index contributed by atoms with van der Waals surface area (Å²) in [4.78, 5) is 25.6. The molecule has 0 radical (unpaired) electrons. The van der Waals surface area contributed by atoms with E-state index >= 15 is 0 Å². The van der Waals surface area contributed by atoms with Crippen LogP contribution in [0.5, 0.6) is 5.75 Å². The van der Waals surface area contributed by atoms with Crippen LogP contribution in [0.2, 0.25) is 0 Å². The van der Waals surface area contributed by atoms with Crippen LogP contribution in [0.15, 0.2) is 24.3 Å². The SMILES string of the molecule is CC(Oc1ccccc1C(N)=O)C(=O)N(C(C)C)C(C)C. The van der Waals surface area contributed by atoms with Gasteiger partial charge in [-0.1, -0.05) is 12.1 Å². The Hall–Kier alpha value is -2.04. The van der Waals surface area contributed by atoms with Gasteiger partial charge in [-0.2, -0.15) is 0 Å². The lowest BCUT2D eigenvalue weighted by Crippen LogP contribution is -2.48. The normalized spacial score (nSPS) is 12.3. The summed E-state index contributed by atoms with van der Waals surface area (Å²) < 4.78 is 5.66. The van der Waals surface area contributed by atoms with Crippen molar-refractivity contribution in [3.05, 3.63) is 29.8 Å². The molecule has 1 aromatic carbocycles. The largest absolute Gasteiger partial charge is 0.480 e. The molecule has 0 spiro atoms. The van der Waals surface area contributed by atoms with Crippen LogP contribution >= 0.6 is 0 Å². The number of carbonyl (C=O) groups is 2. The van der Waals surface area contributed by atoms with Crippen LogP contribution < -0.4 is 10.5 Å². The molecule has 0 saturated heterocycles. The fraction of sp³-hybridized carbons (Fsp3) is 0.500. The highest BCUT2D eigenvalue weighted by Crippen LogP contribution is 2.20. The smallest absolute Gasteiger partial charge is 0.263 e.